The highest BCUT2D eigenvalue weighted by Gasteiger charge is 2.06. The lowest BCUT2D eigenvalue weighted by Gasteiger charge is -2.14. The Balaban J connectivity index is 2.24. The van der Waals surface area contributed by atoms with E-state index in [-0.39, 0.29) is 6.54 Å². The average Bonchev–Trinajstić information content (AvgIpc) is 2.34. The van der Waals surface area contributed by atoms with E-state index in [2.05, 4.69) is 10.6 Å². The van der Waals surface area contributed by atoms with E-state index in [1.165, 1.54) is 0 Å². The van der Waals surface area contributed by atoms with Crippen molar-refractivity contribution in [1.29, 1.82) is 0 Å². The maximum atomic E-state index is 11.0. The van der Waals surface area contributed by atoms with E-state index < -0.39 is 12.3 Å². The Kier molecular flexibility index (Phi) is 6.13. The quantitative estimate of drug-likeness (QED) is 0.305. The number of nitrogens with one attached hydrogen (secondary N) is 2. The van der Waals surface area contributed by atoms with Crippen molar-refractivity contribution < 1.29 is 14.6 Å². The Bertz CT molecular complexity index is 385. The van der Waals surface area contributed by atoms with Crippen molar-refractivity contribution in [2.24, 2.45) is 0 Å². The summed E-state index contributed by atoms with van der Waals surface area (Å²) in [6, 6.07) is 7.33. The monoisotopic (exact) mass is 253 g/mol. The lowest BCUT2D eigenvalue weighted by molar-refractivity contribution is -0.142. The lowest BCUT2D eigenvalue weighted by atomic mass is 10.2. The normalized spacial score (nSPS) is 12.1. The first kappa shape index (κ1) is 14.4. The van der Waals surface area contributed by atoms with Gasteiger partial charge in [-0.1, -0.05) is 12.1 Å². The predicted octanol–water partition coefficient (Wildman–Crippen LogP) is -0.213. The standard InChI is InChI=1S/C12H19N3O3/c1-2-18-11(16)8-15-12(17)14-7-9-4-3-5-10(13)6-9/h3-6,12,14-15,17H,2,7-8,13H2,1H3. The molecule has 0 radical (unpaired) electrons. The minimum absolute atomic E-state index is 0.0427. The first-order valence-electron chi connectivity index (χ1n) is 5.76. The number of nitrogen functional groups attached to an aromatic ring is 1. The minimum Gasteiger partial charge on any atom is -0.465 e. The molecule has 100 valence electrons. The number of hydrogen-bond acceptors (Lipinski definition) is 6. The molecular weight excluding hydrogens is 234 g/mol. The molecule has 1 aromatic rings. The summed E-state index contributed by atoms with van der Waals surface area (Å²) in [7, 11) is 0. The van der Waals surface area contributed by atoms with Crippen molar-refractivity contribution >= 4 is 11.7 Å². The highest BCUT2D eigenvalue weighted by Crippen LogP contribution is 2.05. The third-order valence-electron chi connectivity index (χ3n) is 2.20. The van der Waals surface area contributed by atoms with Crippen molar-refractivity contribution in [2.45, 2.75) is 19.8 Å². The number of benzene rings is 1. The topological polar surface area (TPSA) is 96.6 Å². The number of esters is 1. The SMILES string of the molecule is CCOC(=O)CNC(O)NCc1cccc(N)c1. The second-order valence-electron chi connectivity index (χ2n) is 3.71. The first-order valence-corrected chi connectivity index (χ1v) is 5.76. The molecule has 0 fully saturated rings. The van der Waals surface area contributed by atoms with E-state index in [4.69, 9.17) is 10.5 Å². The minimum atomic E-state index is -0.976. The van der Waals surface area contributed by atoms with Crippen LogP contribution < -0.4 is 16.4 Å². The number of ether oxygens (including phenoxy) is 1. The van der Waals surface area contributed by atoms with Crippen LogP contribution in [0.2, 0.25) is 0 Å². The molecule has 0 amide bonds. The van der Waals surface area contributed by atoms with Crippen LogP contribution in [0.5, 0.6) is 0 Å². The number of aliphatic hydroxyl groups excluding tert-OH is 1. The summed E-state index contributed by atoms with van der Waals surface area (Å²) in [6.45, 7) is 2.46. The zero-order valence-electron chi connectivity index (χ0n) is 10.3. The van der Waals surface area contributed by atoms with Gasteiger partial charge in [0.05, 0.1) is 13.2 Å². The summed E-state index contributed by atoms with van der Waals surface area (Å²) in [4.78, 5) is 11.0. The van der Waals surface area contributed by atoms with Crippen LogP contribution in [0, 0.1) is 0 Å². The van der Waals surface area contributed by atoms with Gasteiger partial charge in [-0.25, -0.2) is 0 Å². The van der Waals surface area contributed by atoms with Crippen molar-refractivity contribution in [1.82, 2.24) is 10.6 Å². The molecule has 1 rings (SSSR count). The Labute approximate surface area is 106 Å². The summed E-state index contributed by atoms with van der Waals surface area (Å²) in [5.74, 6) is -0.401. The molecule has 0 spiro atoms. The molecule has 0 aliphatic carbocycles. The summed E-state index contributed by atoms with van der Waals surface area (Å²) in [5, 5.41) is 14.9. The van der Waals surface area contributed by atoms with Gasteiger partial charge in [-0.2, -0.15) is 0 Å². The highest BCUT2D eigenvalue weighted by atomic mass is 16.5. The molecule has 1 atom stereocenters. The fourth-order valence-electron chi connectivity index (χ4n) is 1.38. The zero-order valence-corrected chi connectivity index (χ0v) is 10.3. The van der Waals surface area contributed by atoms with Crippen LogP contribution in [0.4, 0.5) is 5.69 Å². The van der Waals surface area contributed by atoms with Gasteiger partial charge in [0, 0.05) is 12.2 Å². The van der Waals surface area contributed by atoms with Gasteiger partial charge in [-0.3, -0.25) is 15.4 Å². The van der Waals surface area contributed by atoms with Crippen LogP contribution in [-0.4, -0.2) is 30.6 Å². The number of carbonyl (C=O) groups excluding carboxylic acids is 1. The molecule has 18 heavy (non-hydrogen) atoms. The first-order chi connectivity index (χ1) is 8.61. The van der Waals surface area contributed by atoms with E-state index in [9.17, 15) is 9.90 Å². The Morgan fingerprint density at radius 1 is 1.50 bits per heavy atom. The lowest BCUT2D eigenvalue weighted by Crippen LogP contribution is -2.44. The Hall–Kier alpha value is -1.63. The largest absolute Gasteiger partial charge is 0.465 e. The molecule has 1 unspecified atom stereocenters. The molecule has 6 nitrogen and oxygen atoms in total. The van der Waals surface area contributed by atoms with Crippen LogP contribution in [0.25, 0.3) is 0 Å². The Morgan fingerprint density at radius 2 is 2.28 bits per heavy atom. The molecule has 0 saturated heterocycles. The molecule has 6 heteroatoms. The molecule has 0 aliphatic rings. The summed E-state index contributed by atoms with van der Waals surface area (Å²) >= 11 is 0. The van der Waals surface area contributed by atoms with Crippen LogP contribution in [-0.2, 0) is 16.1 Å². The van der Waals surface area contributed by atoms with Crippen molar-refractivity contribution in [3.63, 3.8) is 0 Å². The third-order valence-corrected chi connectivity index (χ3v) is 2.20. The van der Waals surface area contributed by atoms with Gasteiger partial charge in [-0.15, -0.1) is 0 Å². The van der Waals surface area contributed by atoms with Gasteiger partial charge in [0.2, 0.25) is 0 Å². The summed E-state index contributed by atoms with van der Waals surface area (Å²) < 4.78 is 4.71. The maximum absolute atomic E-state index is 11.0. The van der Waals surface area contributed by atoms with Gasteiger partial charge in [-0.05, 0) is 24.6 Å². The highest BCUT2D eigenvalue weighted by molar-refractivity contribution is 5.71. The second-order valence-corrected chi connectivity index (χ2v) is 3.71. The van der Waals surface area contributed by atoms with E-state index >= 15 is 0 Å². The van der Waals surface area contributed by atoms with Gasteiger partial charge < -0.3 is 15.6 Å². The fourth-order valence-corrected chi connectivity index (χ4v) is 1.38. The van der Waals surface area contributed by atoms with Crippen molar-refractivity contribution in [3.8, 4) is 0 Å². The van der Waals surface area contributed by atoms with Crippen LogP contribution >= 0.6 is 0 Å². The molecule has 0 saturated carbocycles. The Morgan fingerprint density at radius 3 is 2.94 bits per heavy atom. The number of nitrogens with two attached hydrogens (primary N) is 1. The maximum Gasteiger partial charge on any atom is 0.320 e. The van der Waals surface area contributed by atoms with Crippen molar-refractivity contribution in [2.75, 3.05) is 18.9 Å². The number of anilines is 1. The molecule has 0 bridgehead atoms. The molecule has 0 aliphatic heterocycles. The van der Waals surface area contributed by atoms with Crippen LogP contribution in [0.15, 0.2) is 24.3 Å². The number of rotatable bonds is 7. The average molecular weight is 253 g/mol. The summed E-state index contributed by atoms with van der Waals surface area (Å²) in [5.41, 5.74) is 7.25. The molecule has 0 heterocycles. The molecule has 5 N–H and O–H groups in total. The second kappa shape index (κ2) is 7.65. The third kappa shape index (κ3) is 5.62. The smallest absolute Gasteiger partial charge is 0.320 e. The molecule has 1 aromatic carbocycles. The molecular formula is C12H19N3O3. The number of carbonyl (C=O) groups is 1. The number of aliphatic hydroxyl groups is 1. The van der Waals surface area contributed by atoms with E-state index in [0.717, 1.165) is 5.56 Å². The van der Waals surface area contributed by atoms with Crippen LogP contribution in [0.1, 0.15) is 12.5 Å². The van der Waals surface area contributed by atoms with Gasteiger partial charge in [0.25, 0.3) is 0 Å². The fraction of sp³-hybridized carbons (Fsp3) is 0.417. The zero-order chi connectivity index (χ0) is 13.4. The van der Waals surface area contributed by atoms with Crippen LogP contribution in [0.3, 0.4) is 0 Å². The molecule has 0 aromatic heterocycles. The van der Waals surface area contributed by atoms with Gasteiger partial charge in [0.15, 0.2) is 6.35 Å². The number of hydrogen-bond donors (Lipinski definition) is 4. The predicted molar refractivity (Wildman–Crippen MR) is 68.3 cm³/mol. The van der Waals surface area contributed by atoms with Gasteiger partial charge in [0.1, 0.15) is 0 Å². The van der Waals surface area contributed by atoms with E-state index in [0.29, 0.717) is 18.8 Å². The van der Waals surface area contributed by atoms with E-state index in [1.54, 1.807) is 13.0 Å². The van der Waals surface area contributed by atoms with E-state index in [1.807, 2.05) is 18.2 Å². The van der Waals surface area contributed by atoms with Crippen molar-refractivity contribution in [3.05, 3.63) is 29.8 Å². The summed E-state index contributed by atoms with van der Waals surface area (Å²) in [6.07, 6.45) is -0.976. The van der Waals surface area contributed by atoms with Gasteiger partial charge >= 0.3 is 5.97 Å².